The quantitative estimate of drug-likeness (QED) is 0.698. The first kappa shape index (κ1) is 16.7. The molecule has 1 fully saturated rings. The van der Waals surface area contributed by atoms with Gasteiger partial charge in [-0.2, -0.15) is 0 Å². The van der Waals surface area contributed by atoms with Gasteiger partial charge in [0.1, 0.15) is 0 Å². The average Bonchev–Trinajstić information content (AvgIpc) is 3.10. The summed E-state index contributed by atoms with van der Waals surface area (Å²) in [5, 5.41) is 8.66. The molecule has 0 radical (unpaired) electrons. The lowest BCUT2D eigenvalue weighted by molar-refractivity contribution is 0.259. The van der Waals surface area contributed by atoms with Crippen molar-refractivity contribution >= 4 is 5.95 Å². The monoisotopic (exact) mass is 349 g/mol. The molecule has 7 nitrogen and oxygen atoms in total. The topological polar surface area (TPSA) is 63.0 Å². The Kier molecular flexibility index (Phi) is 4.88. The van der Waals surface area contributed by atoms with Crippen LogP contribution in [0.1, 0.15) is 5.56 Å². The van der Waals surface area contributed by atoms with Gasteiger partial charge in [-0.3, -0.25) is 9.47 Å². The molecule has 134 valence electrons. The highest BCUT2D eigenvalue weighted by molar-refractivity contribution is 5.48. The standard InChI is InChI=1S/C19H23N7/c1-24-18(17-20-9-5-10-21-17)22-23-19(24)26-14-12-25(13-15-26)11-8-16-6-3-2-4-7-16/h2-7,9-10H,8,11-15H2,1H3. The molecule has 0 amide bonds. The molecule has 26 heavy (non-hydrogen) atoms. The molecule has 3 aromatic rings. The van der Waals surface area contributed by atoms with E-state index in [4.69, 9.17) is 0 Å². The van der Waals surface area contributed by atoms with Crippen molar-refractivity contribution in [3.8, 4) is 11.6 Å². The number of hydrogen-bond acceptors (Lipinski definition) is 6. The third-order valence-corrected chi connectivity index (χ3v) is 4.83. The molecule has 0 aliphatic carbocycles. The van der Waals surface area contributed by atoms with Crippen LogP contribution in [0, 0.1) is 0 Å². The molecular formula is C19H23N7. The highest BCUT2D eigenvalue weighted by atomic mass is 15.4. The molecule has 1 aromatic carbocycles. The third kappa shape index (κ3) is 3.57. The van der Waals surface area contributed by atoms with Gasteiger partial charge in [0.05, 0.1) is 0 Å². The molecule has 1 aliphatic rings. The Hall–Kier alpha value is -2.80. The summed E-state index contributed by atoms with van der Waals surface area (Å²) in [7, 11) is 1.98. The van der Waals surface area contributed by atoms with E-state index in [1.807, 2.05) is 11.6 Å². The van der Waals surface area contributed by atoms with Gasteiger partial charge in [0.2, 0.25) is 11.8 Å². The fourth-order valence-corrected chi connectivity index (χ4v) is 3.31. The van der Waals surface area contributed by atoms with Gasteiger partial charge in [0.25, 0.3) is 0 Å². The summed E-state index contributed by atoms with van der Waals surface area (Å²) in [6.07, 6.45) is 4.55. The largest absolute Gasteiger partial charge is 0.338 e. The molecule has 0 saturated carbocycles. The fourth-order valence-electron chi connectivity index (χ4n) is 3.31. The first-order valence-electron chi connectivity index (χ1n) is 8.99. The number of rotatable bonds is 5. The zero-order valence-electron chi connectivity index (χ0n) is 15.0. The van der Waals surface area contributed by atoms with Crippen LogP contribution in [0.25, 0.3) is 11.6 Å². The maximum atomic E-state index is 4.37. The minimum Gasteiger partial charge on any atom is -0.338 e. The summed E-state index contributed by atoms with van der Waals surface area (Å²) >= 11 is 0. The van der Waals surface area contributed by atoms with Crippen LogP contribution >= 0.6 is 0 Å². The summed E-state index contributed by atoms with van der Waals surface area (Å²) < 4.78 is 1.98. The van der Waals surface area contributed by atoms with Crippen molar-refractivity contribution in [2.45, 2.75) is 6.42 Å². The van der Waals surface area contributed by atoms with Crippen molar-refractivity contribution in [1.29, 1.82) is 0 Å². The van der Waals surface area contributed by atoms with Gasteiger partial charge in [-0.15, -0.1) is 10.2 Å². The Balaban J connectivity index is 1.36. The molecule has 2 aromatic heterocycles. The lowest BCUT2D eigenvalue weighted by Gasteiger charge is -2.35. The molecule has 0 N–H and O–H groups in total. The van der Waals surface area contributed by atoms with E-state index in [9.17, 15) is 0 Å². The van der Waals surface area contributed by atoms with Gasteiger partial charge in [0.15, 0.2) is 5.82 Å². The lowest BCUT2D eigenvalue weighted by atomic mass is 10.1. The van der Waals surface area contributed by atoms with Crippen molar-refractivity contribution in [3.63, 3.8) is 0 Å². The minimum absolute atomic E-state index is 0.607. The SMILES string of the molecule is Cn1c(-c2ncccn2)nnc1N1CCN(CCc2ccccc2)CC1. The highest BCUT2D eigenvalue weighted by Gasteiger charge is 2.22. The second-order valence-electron chi connectivity index (χ2n) is 6.52. The molecular weight excluding hydrogens is 326 g/mol. The normalized spacial score (nSPS) is 15.3. The van der Waals surface area contributed by atoms with Gasteiger partial charge < -0.3 is 4.90 Å². The van der Waals surface area contributed by atoms with Crippen LogP contribution in [0.4, 0.5) is 5.95 Å². The van der Waals surface area contributed by atoms with Crippen LogP contribution < -0.4 is 4.90 Å². The third-order valence-electron chi connectivity index (χ3n) is 4.83. The number of anilines is 1. The van der Waals surface area contributed by atoms with E-state index >= 15 is 0 Å². The second-order valence-corrected chi connectivity index (χ2v) is 6.52. The summed E-state index contributed by atoms with van der Waals surface area (Å²) in [5.41, 5.74) is 1.40. The molecule has 7 heteroatoms. The summed E-state index contributed by atoms with van der Waals surface area (Å²) in [5.74, 6) is 2.19. The van der Waals surface area contributed by atoms with Crippen LogP contribution in [0.15, 0.2) is 48.8 Å². The molecule has 0 unspecified atom stereocenters. The summed E-state index contributed by atoms with van der Waals surface area (Å²) in [6, 6.07) is 12.5. The summed E-state index contributed by atoms with van der Waals surface area (Å²) in [4.78, 5) is 13.3. The first-order chi connectivity index (χ1) is 12.8. The van der Waals surface area contributed by atoms with Gasteiger partial charge in [0, 0.05) is 52.2 Å². The molecule has 1 aliphatic heterocycles. The lowest BCUT2D eigenvalue weighted by Crippen LogP contribution is -2.47. The Morgan fingerprint density at radius 3 is 2.35 bits per heavy atom. The zero-order valence-corrected chi connectivity index (χ0v) is 15.0. The molecule has 4 rings (SSSR count). The van der Waals surface area contributed by atoms with E-state index in [1.165, 1.54) is 5.56 Å². The fraction of sp³-hybridized carbons (Fsp3) is 0.368. The van der Waals surface area contributed by atoms with Gasteiger partial charge in [-0.1, -0.05) is 30.3 Å². The molecule has 0 spiro atoms. The maximum Gasteiger partial charge on any atom is 0.227 e. The van der Waals surface area contributed by atoms with Crippen LogP contribution in [0.2, 0.25) is 0 Å². The number of nitrogens with zero attached hydrogens (tertiary/aromatic N) is 7. The van der Waals surface area contributed by atoms with Crippen LogP contribution in [0.3, 0.4) is 0 Å². The smallest absolute Gasteiger partial charge is 0.227 e. The average molecular weight is 349 g/mol. The van der Waals surface area contributed by atoms with E-state index in [2.05, 4.69) is 60.3 Å². The van der Waals surface area contributed by atoms with E-state index in [0.29, 0.717) is 11.6 Å². The first-order valence-corrected chi connectivity index (χ1v) is 8.99. The van der Waals surface area contributed by atoms with Crippen LogP contribution in [0.5, 0.6) is 0 Å². The maximum absolute atomic E-state index is 4.37. The van der Waals surface area contributed by atoms with Gasteiger partial charge in [-0.05, 0) is 18.1 Å². The number of aromatic nitrogens is 5. The van der Waals surface area contributed by atoms with E-state index in [-0.39, 0.29) is 0 Å². The Labute approximate surface area is 153 Å². The Morgan fingerprint density at radius 1 is 0.885 bits per heavy atom. The van der Waals surface area contributed by atoms with Crippen LogP contribution in [-0.2, 0) is 13.5 Å². The number of hydrogen-bond donors (Lipinski definition) is 0. The Bertz CT molecular complexity index is 824. The van der Waals surface area contributed by atoms with Crippen molar-refractivity contribution in [3.05, 3.63) is 54.4 Å². The molecule has 1 saturated heterocycles. The van der Waals surface area contributed by atoms with E-state index in [0.717, 1.165) is 45.1 Å². The number of piperazine rings is 1. The highest BCUT2D eigenvalue weighted by Crippen LogP contribution is 2.19. The number of benzene rings is 1. The second kappa shape index (κ2) is 7.61. The Morgan fingerprint density at radius 2 is 1.62 bits per heavy atom. The van der Waals surface area contributed by atoms with Gasteiger partial charge >= 0.3 is 0 Å². The summed E-state index contributed by atoms with van der Waals surface area (Å²) in [6.45, 7) is 5.08. The molecule has 0 atom stereocenters. The minimum atomic E-state index is 0.607. The zero-order chi connectivity index (χ0) is 17.8. The van der Waals surface area contributed by atoms with Gasteiger partial charge in [-0.25, -0.2) is 9.97 Å². The van der Waals surface area contributed by atoms with Crippen molar-refractivity contribution in [2.75, 3.05) is 37.6 Å². The van der Waals surface area contributed by atoms with E-state index < -0.39 is 0 Å². The molecule has 0 bridgehead atoms. The van der Waals surface area contributed by atoms with Crippen molar-refractivity contribution < 1.29 is 0 Å². The molecule has 3 heterocycles. The van der Waals surface area contributed by atoms with Crippen molar-refractivity contribution in [1.82, 2.24) is 29.6 Å². The van der Waals surface area contributed by atoms with Crippen LogP contribution in [-0.4, -0.2) is 62.4 Å². The predicted molar refractivity (Wildman–Crippen MR) is 101 cm³/mol. The van der Waals surface area contributed by atoms with E-state index in [1.54, 1.807) is 18.5 Å². The van der Waals surface area contributed by atoms with Crippen molar-refractivity contribution in [2.24, 2.45) is 7.05 Å². The predicted octanol–water partition coefficient (Wildman–Crippen LogP) is 1.64.